The predicted octanol–water partition coefficient (Wildman–Crippen LogP) is 4.06. The van der Waals surface area contributed by atoms with Gasteiger partial charge in [-0.25, -0.2) is 12.8 Å². The van der Waals surface area contributed by atoms with Gasteiger partial charge in [0, 0.05) is 23.1 Å². The maximum Gasteiger partial charge on any atom is 0.246 e. The van der Waals surface area contributed by atoms with Gasteiger partial charge in [-0.2, -0.15) is 4.31 Å². The van der Waals surface area contributed by atoms with Crippen LogP contribution in [0.4, 0.5) is 4.39 Å². The summed E-state index contributed by atoms with van der Waals surface area (Å²) in [5.41, 5.74) is 0.728. The van der Waals surface area contributed by atoms with Crippen molar-refractivity contribution >= 4 is 37.6 Å². The molecule has 0 N–H and O–H groups in total. The molecule has 7 heteroatoms. The molecule has 3 nitrogen and oxygen atoms in total. The van der Waals surface area contributed by atoms with Crippen LogP contribution in [-0.4, -0.2) is 19.8 Å². The molecule has 0 bridgehead atoms. The quantitative estimate of drug-likeness (QED) is 0.787. The van der Waals surface area contributed by atoms with Crippen molar-refractivity contribution in [1.82, 2.24) is 4.31 Å². The first kappa shape index (κ1) is 16.4. The maximum atomic E-state index is 13.9. The molecule has 0 amide bonds. The second-order valence-electron chi connectivity index (χ2n) is 4.47. The van der Waals surface area contributed by atoms with E-state index in [1.54, 1.807) is 24.3 Å². The third-order valence-corrected chi connectivity index (χ3v) is 5.44. The van der Waals surface area contributed by atoms with Gasteiger partial charge < -0.3 is 0 Å². The lowest BCUT2D eigenvalue weighted by atomic mass is 10.2. The summed E-state index contributed by atoms with van der Waals surface area (Å²) in [4.78, 5) is -0.352. The normalized spacial score (nSPS) is 11.9. The molecular formula is C14H12BrClFNO2S. The average molecular weight is 393 g/mol. The highest BCUT2D eigenvalue weighted by Gasteiger charge is 2.24. The Labute approximate surface area is 136 Å². The van der Waals surface area contributed by atoms with Crippen molar-refractivity contribution in [2.45, 2.75) is 11.4 Å². The van der Waals surface area contributed by atoms with Crippen LogP contribution < -0.4 is 0 Å². The van der Waals surface area contributed by atoms with Crippen LogP contribution in [0.15, 0.2) is 51.8 Å². The standard InChI is InChI=1S/C14H12BrClFNO2S/c1-18(9-10-3-2-4-12(16)7-10)21(19,20)14-6-5-11(15)8-13(14)17/h2-8H,9H2,1H3. The molecule has 0 fully saturated rings. The molecule has 0 heterocycles. The van der Waals surface area contributed by atoms with Gasteiger partial charge in [0.05, 0.1) is 0 Å². The summed E-state index contributed by atoms with van der Waals surface area (Å²) in [7, 11) is -2.50. The summed E-state index contributed by atoms with van der Waals surface area (Å²) in [5, 5.41) is 0.521. The predicted molar refractivity (Wildman–Crippen MR) is 84.2 cm³/mol. The van der Waals surface area contributed by atoms with Crippen molar-refractivity contribution < 1.29 is 12.8 Å². The van der Waals surface area contributed by atoms with E-state index in [0.717, 1.165) is 15.9 Å². The molecule has 0 atom stereocenters. The third kappa shape index (κ3) is 3.83. The lowest BCUT2D eigenvalue weighted by molar-refractivity contribution is 0.460. The number of hydrogen-bond acceptors (Lipinski definition) is 2. The zero-order valence-electron chi connectivity index (χ0n) is 11.1. The monoisotopic (exact) mass is 391 g/mol. The van der Waals surface area contributed by atoms with Crippen LogP contribution in [-0.2, 0) is 16.6 Å². The van der Waals surface area contributed by atoms with Crippen molar-refractivity contribution in [3.63, 3.8) is 0 Å². The zero-order chi connectivity index (χ0) is 15.6. The minimum absolute atomic E-state index is 0.110. The van der Waals surface area contributed by atoms with Crippen LogP contribution in [0.5, 0.6) is 0 Å². The minimum Gasteiger partial charge on any atom is -0.207 e. The molecule has 0 spiro atoms. The number of sulfonamides is 1. The molecule has 112 valence electrons. The lowest BCUT2D eigenvalue weighted by Crippen LogP contribution is -2.27. The van der Waals surface area contributed by atoms with E-state index in [-0.39, 0.29) is 11.4 Å². The van der Waals surface area contributed by atoms with Crippen LogP contribution in [0.25, 0.3) is 0 Å². The SMILES string of the molecule is CN(Cc1cccc(Cl)c1)S(=O)(=O)c1ccc(Br)cc1F. The summed E-state index contributed by atoms with van der Waals surface area (Å²) in [6, 6.07) is 10.7. The second kappa shape index (κ2) is 6.44. The van der Waals surface area contributed by atoms with Crippen LogP contribution >= 0.6 is 27.5 Å². The van der Waals surface area contributed by atoms with E-state index in [9.17, 15) is 12.8 Å². The van der Waals surface area contributed by atoms with E-state index in [4.69, 9.17) is 11.6 Å². The number of benzene rings is 2. The Hall–Kier alpha value is -0.950. The van der Waals surface area contributed by atoms with E-state index in [1.807, 2.05) is 0 Å². The van der Waals surface area contributed by atoms with Crippen molar-refractivity contribution in [2.75, 3.05) is 7.05 Å². The Balaban J connectivity index is 2.30. The van der Waals surface area contributed by atoms with Gasteiger partial charge in [0.2, 0.25) is 10.0 Å². The van der Waals surface area contributed by atoms with E-state index in [2.05, 4.69) is 15.9 Å². The Morgan fingerprint density at radius 3 is 2.57 bits per heavy atom. The second-order valence-corrected chi connectivity index (χ2v) is 7.83. The van der Waals surface area contributed by atoms with Crippen LogP contribution in [0, 0.1) is 5.82 Å². The van der Waals surface area contributed by atoms with Crippen LogP contribution in [0.1, 0.15) is 5.56 Å². The highest BCUT2D eigenvalue weighted by atomic mass is 79.9. The van der Waals surface area contributed by atoms with Crippen LogP contribution in [0.2, 0.25) is 5.02 Å². The van der Waals surface area contributed by atoms with Crippen molar-refractivity contribution in [3.05, 3.63) is 63.3 Å². The Morgan fingerprint density at radius 1 is 1.24 bits per heavy atom. The molecule has 2 aromatic rings. The van der Waals surface area contributed by atoms with Crippen LogP contribution in [0.3, 0.4) is 0 Å². The average Bonchev–Trinajstić information content (AvgIpc) is 2.38. The topological polar surface area (TPSA) is 37.4 Å². The van der Waals surface area contributed by atoms with Crippen molar-refractivity contribution in [3.8, 4) is 0 Å². The Morgan fingerprint density at radius 2 is 1.95 bits per heavy atom. The number of nitrogens with zero attached hydrogens (tertiary/aromatic N) is 1. The molecular weight excluding hydrogens is 381 g/mol. The number of halogens is 3. The molecule has 0 aliphatic carbocycles. The smallest absolute Gasteiger partial charge is 0.207 e. The van der Waals surface area contributed by atoms with Gasteiger partial charge in [-0.15, -0.1) is 0 Å². The molecule has 2 rings (SSSR count). The molecule has 0 saturated carbocycles. The van der Waals surface area contributed by atoms with Gasteiger partial charge in [0.15, 0.2) is 0 Å². The summed E-state index contributed by atoms with van der Waals surface area (Å²) < 4.78 is 40.2. The largest absolute Gasteiger partial charge is 0.246 e. The lowest BCUT2D eigenvalue weighted by Gasteiger charge is -2.18. The molecule has 0 radical (unpaired) electrons. The van der Waals surface area contributed by atoms with E-state index in [1.165, 1.54) is 19.2 Å². The van der Waals surface area contributed by atoms with E-state index < -0.39 is 15.8 Å². The zero-order valence-corrected chi connectivity index (χ0v) is 14.2. The summed E-state index contributed by atoms with van der Waals surface area (Å²) in [5.74, 6) is -0.790. The molecule has 0 saturated heterocycles. The van der Waals surface area contributed by atoms with Crippen molar-refractivity contribution in [1.29, 1.82) is 0 Å². The first-order valence-electron chi connectivity index (χ1n) is 5.96. The number of hydrogen-bond donors (Lipinski definition) is 0. The molecule has 2 aromatic carbocycles. The van der Waals surface area contributed by atoms with Gasteiger partial charge in [0.1, 0.15) is 10.7 Å². The molecule has 0 aliphatic heterocycles. The summed E-state index contributed by atoms with van der Waals surface area (Å²) >= 11 is 8.97. The highest BCUT2D eigenvalue weighted by molar-refractivity contribution is 9.10. The highest BCUT2D eigenvalue weighted by Crippen LogP contribution is 2.23. The summed E-state index contributed by atoms with van der Waals surface area (Å²) in [6.07, 6.45) is 0. The Kier molecular flexibility index (Phi) is 5.03. The van der Waals surface area contributed by atoms with Gasteiger partial charge in [-0.3, -0.25) is 0 Å². The fourth-order valence-electron chi connectivity index (χ4n) is 1.83. The maximum absolute atomic E-state index is 13.9. The molecule has 0 aliphatic rings. The molecule has 0 unspecified atom stereocenters. The third-order valence-electron chi connectivity index (χ3n) is 2.88. The number of rotatable bonds is 4. The first-order chi connectivity index (χ1) is 9.80. The van der Waals surface area contributed by atoms with Crippen molar-refractivity contribution in [2.24, 2.45) is 0 Å². The first-order valence-corrected chi connectivity index (χ1v) is 8.57. The van der Waals surface area contributed by atoms with E-state index >= 15 is 0 Å². The van der Waals surface area contributed by atoms with E-state index in [0.29, 0.717) is 9.50 Å². The summed E-state index contributed by atoms with van der Waals surface area (Å²) in [6.45, 7) is 0.110. The van der Waals surface area contributed by atoms with Gasteiger partial charge in [0.25, 0.3) is 0 Å². The fraction of sp³-hybridized carbons (Fsp3) is 0.143. The molecule has 21 heavy (non-hydrogen) atoms. The minimum atomic E-state index is -3.90. The fourth-order valence-corrected chi connectivity index (χ4v) is 3.58. The van der Waals surface area contributed by atoms with Gasteiger partial charge >= 0.3 is 0 Å². The Bertz CT molecular complexity index is 767. The molecule has 0 aromatic heterocycles. The van der Waals surface area contributed by atoms with Gasteiger partial charge in [-0.05, 0) is 35.9 Å². The van der Waals surface area contributed by atoms with Gasteiger partial charge in [-0.1, -0.05) is 39.7 Å².